The molecule has 0 aromatic rings. The number of nitrogens with zero attached hydrogens (tertiary/aromatic N) is 1. The second kappa shape index (κ2) is 7.65. The van der Waals surface area contributed by atoms with Crippen LogP contribution in [-0.2, 0) is 4.79 Å². The van der Waals surface area contributed by atoms with Crippen LogP contribution in [0.4, 0.5) is 0 Å². The maximum Gasteiger partial charge on any atom is 0.0884 e. The summed E-state index contributed by atoms with van der Waals surface area (Å²) in [5.74, 6) is -0.962. The lowest BCUT2D eigenvalue weighted by atomic mass is 10.2. The molecule has 0 aromatic heterocycles. The summed E-state index contributed by atoms with van der Waals surface area (Å²) in [6.45, 7) is 11.3. The highest BCUT2D eigenvalue weighted by molar-refractivity contribution is 5.64. The van der Waals surface area contributed by atoms with E-state index in [1.807, 2.05) is 5.32 Å². The Hall–Kier alpha value is -0.610. The van der Waals surface area contributed by atoms with E-state index in [0.29, 0.717) is 18.6 Å². The smallest absolute Gasteiger partial charge is 0.0884 e. The van der Waals surface area contributed by atoms with Crippen molar-refractivity contribution in [2.24, 2.45) is 0 Å². The van der Waals surface area contributed by atoms with Gasteiger partial charge in [0.1, 0.15) is 0 Å². The van der Waals surface area contributed by atoms with E-state index in [-0.39, 0.29) is 6.42 Å². The van der Waals surface area contributed by atoms with Crippen molar-refractivity contribution in [2.45, 2.75) is 46.2 Å². The number of hydrogen-bond donors (Lipinski definition) is 1. The first-order chi connectivity index (χ1) is 6.95. The molecular weight excluding hydrogens is 192 g/mol. The van der Waals surface area contributed by atoms with Crippen molar-refractivity contribution in [3.05, 3.63) is 0 Å². The number of carbonyl (C=O) groups is 1. The molecule has 15 heavy (non-hydrogen) atoms. The molecule has 0 heterocycles. The van der Waals surface area contributed by atoms with Crippen LogP contribution in [-0.4, -0.2) is 42.6 Å². The molecule has 4 heteroatoms. The first-order valence-electron chi connectivity index (χ1n) is 5.72. The summed E-state index contributed by atoms with van der Waals surface area (Å²) in [7, 11) is 0. The van der Waals surface area contributed by atoms with Crippen LogP contribution in [0.2, 0.25) is 0 Å². The Morgan fingerprint density at radius 3 is 2.13 bits per heavy atom. The van der Waals surface area contributed by atoms with E-state index >= 15 is 0 Å². The lowest BCUT2D eigenvalue weighted by Crippen LogP contribution is -2.86. The first-order valence-corrected chi connectivity index (χ1v) is 5.72. The summed E-state index contributed by atoms with van der Waals surface area (Å²) in [5.41, 5.74) is 0. The van der Waals surface area contributed by atoms with Crippen molar-refractivity contribution in [1.82, 2.24) is 4.90 Å². The van der Waals surface area contributed by atoms with E-state index in [2.05, 4.69) is 32.6 Å². The highest BCUT2D eigenvalue weighted by atomic mass is 16.4. The molecule has 0 saturated heterocycles. The van der Waals surface area contributed by atoms with Gasteiger partial charge in [-0.3, -0.25) is 4.90 Å². The van der Waals surface area contributed by atoms with E-state index in [0.717, 1.165) is 13.1 Å². The molecule has 0 bridgehead atoms. The van der Waals surface area contributed by atoms with Crippen LogP contribution in [0.1, 0.15) is 34.1 Å². The predicted molar refractivity (Wildman–Crippen MR) is 58.3 cm³/mol. The largest absolute Gasteiger partial charge is 0.550 e. The van der Waals surface area contributed by atoms with Gasteiger partial charge in [0.2, 0.25) is 0 Å². The average molecular weight is 216 g/mol. The summed E-state index contributed by atoms with van der Waals surface area (Å²) in [4.78, 5) is 12.6. The van der Waals surface area contributed by atoms with Crippen LogP contribution in [0.5, 0.6) is 0 Å². The number of carboxylic acids is 1. The van der Waals surface area contributed by atoms with Gasteiger partial charge in [0.15, 0.2) is 0 Å². The number of quaternary nitrogens is 1. The van der Waals surface area contributed by atoms with Crippen molar-refractivity contribution in [2.75, 3.05) is 19.6 Å². The number of nitrogens with two attached hydrogens (primary N) is 1. The molecule has 0 aliphatic carbocycles. The number of carboxylic acid groups (broad SMARTS) is 1. The molecule has 4 nitrogen and oxygen atoms in total. The SMILES string of the molecule is CC(C)N(CC[NH2+]CCC(=O)[O-])C(C)C. The summed E-state index contributed by atoms with van der Waals surface area (Å²) >= 11 is 0. The molecule has 0 spiro atoms. The Kier molecular flexibility index (Phi) is 7.34. The molecule has 0 fully saturated rings. The zero-order valence-electron chi connectivity index (χ0n) is 10.3. The summed E-state index contributed by atoms with van der Waals surface area (Å²) in [6, 6.07) is 1.08. The zero-order valence-corrected chi connectivity index (χ0v) is 10.3. The Balaban J connectivity index is 3.59. The lowest BCUT2D eigenvalue weighted by Gasteiger charge is -2.29. The third-order valence-corrected chi connectivity index (χ3v) is 2.47. The highest BCUT2D eigenvalue weighted by Gasteiger charge is 2.12. The highest BCUT2D eigenvalue weighted by Crippen LogP contribution is 2.02. The molecule has 0 aliphatic rings. The fourth-order valence-corrected chi connectivity index (χ4v) is 1.72. The van der Waals surface area contributed by atoms with E-state index in [4.69, 9.17) is 0 Å². The number of carbonyl (C=O) groups excluding carboxylic acids is 1. The van der Waals surface area contributed by atoms with Gasteiger partial charge in [-0.2, -0.15) is 0 Å². The van der Waals surface area contributed by atoms with Crippen molar-refractivity contribution in [1.29, 1.82) is 0 Å². The zero-order chi connectivity index (χ0) is 11.8. The van der Waals surface area contributed by atoms with Gasteiger partial charge < -0.3 is 15.2 Å². The average Bonchev–Trinajstić information content (AvgIpc) is 2.08. The first kappa shape index (κ1) is 14.4. The third-order valence-electron chi connectivity index (χ3n) is 2.47. The molecule has 0 radical (unpaired) electrons. The van der Waals surface area contributed by atoms with Crippen molar-refractivity contribution >= 4 is 5.97 Å². The number of aliphatic carboxylic acids is 1. The van der Waals surface area contributed by atoms with Crippen LogP contribution in [0.15, 0.2) is 0 Å². The molecule has 2 N–H and O–H groups in total. The van der Waals surface area contributed by atoms with Crippen molar-refractivity contribution in [3.8, 4) is 0 Å². The summed E-state index contributed by atoms with van der Waals surface area (Å²) in [5, 5.41) is 12.2. The van der Waals surface area contributed by atoms with Gasteiger partial charge in [-0.25, -0.2) is 0 Å². The molecule has 0 saturated carbocycles. The number of rotatable bonds is 8. The quantitative estimate of drug-likeness (QED) is 0.519. The van der Waals surface area contributed by atoms with Gasteiger partial charge in [-0.1, -0.05) is 0 Å². The van der Waals surface area contributed by atoms with E-state index < -0.39 is 5.97 Å². The van der Waals surface area contributed by atoms with Crippen molar-refractivity contribution in [3.63, 3.8) is 0 Å². The minimum atomic E-state index is -0.962. The summed E-state index contributed by atoms with van der Waals surface area (Å²) in [6.07, 6.45) is 0.142. The Bertz CT molecular complexity index is 173. The monoisotopic (exact) mass is 216 g/mol. The Morgan fingerprint density at radius 1 is 1.20 bits per heavy atom. The van der Waals surface area contributed by atoms with Crippen LogP contribution in [0.3, 0.4) is 0 Å². The standard InChI is InChI=1S/C11H24N2O2/c1-9(2)13(10(3)4)8-7-12-6-5-11(14)15/h9-10,12H,5-8H2,1-4H3,(H,14,15). The van der Waals surface area contributed by atoms with Gasteiger partial charge in [0, 0.05) is 31.0 Å². The normalized spacial score (nSPS) is 11.7. The van der Waals surface area contributed by atoms with Gasteiger partial charge in [-0.15, -0.1) is 0 Å². The fraction of sp³-hybridized carbons (Fsp3) is 0.909. The molecule has 90 valence electrons. The van der Waals surface area contributed by atoms with Gasteiger partial charge in [-0.05, 0) is 27.7 Å². The molecule has 0 amide bonds. The van der Waals surface area contributed by atoms with Crippen LogP contribution in [0, 0.1) is 0 Å². The Morgan fingerprint density at radius 2 is 1.73 bits per heavy atom. The third kappa shape index (κ3) is 7.33. The molecule has 0 aromatic carbocycles. The van der Waals surface area contributed by atoms with Gasteiger partial charge >= 0.3 is 0 Å². The molecule has 0 rings (SSSR count). The van der Waals surface area contributed by atoms with Crippen molar-refractivity contribution < 1.29 is 15.2 Å². The minimum absolute atomic E-state index is 0.142. The predicted octanol–water partition coefficient (Wildman–Crippen LogP) is -1.19. The van der Waals surface area contributed by atoms with E-state index in [9.17, 15) is 9.90 Å². The fourth-order valence-electron chi connectivity index (χ4n) is 1.72. The maximum atomic E-state index is 10.2. The second-order valence-corrected chi connectivity index (χ2v) is 4.41. The second-order valence-electron chi connectivity index (χ2n) is 4.41. The van der Waals surface area contributed by atoms with E-state index in [1.165, 1.54) is 0 Å². The van der Waals surface area contributed by atoms with Crippen LogP contribution in [0.25, 0.3) is 0 Å². The lowest BCUT2D eigenvalue weighted by molar-refractivity contribution is -0.654. The molecule has 0 unspecified atom stereocenters. The Labute approximate surface area is 92.7 Å². The minimum Gasteiger partial charge on any atom is -0.550 e. The van der Waals surface area contributed by atoms with Gasteiger partial charge in [0.05, 0.1) is 13.1 Å². The topological polar surface area (TPSA) is 60.0 Å². The summed E-state index contributed by atoms with van der Waals surface area (Å²) < 4.78 is 0. The maximum absolute atomic E-state index is 10.2. The van der Waals surface area contributed by atoms with Gasteiger partial charge in [0.25, 0.3) is 0 Å². The van der Waals surface area contributed by atoms with Crippen LogP contribution < -0.4 is 10.4 Å². The molecule has 0 atom stereocenters. The molecular formula is C11H24N2O2. The van der Waals surface area contributed by atoms with Crippen LogP contribution >= 0.6 is 0 Å². The molecule has 0 aliphatic heterocycles. The van der Waals surface area contributed by atoms with E-state index in [1.54, 1.807) is 0 Å². The number of hydrogen-bond acceptors (Lipinski definition) is 3.